The van der Waals surface area contributed by atoms with E-state index in [0.717, 1.165) is 0 Å². The number of primary amides is 2. The molecule has 0 bridgehead atoms. The topological polar surface area (TPSA) is 458 Å². The number of nitrogens with one attached hydrogen (secondary N) is 7. The first-order chi connectivity index (χ1) is 31.0. The number of guanidine groups is 1. The number of benzene rings is 1. The maximum absolute atomic E-state index is 14.2. The molecule has 0 fully saturated rings. The van der Waals surface area contributed by atoms with Crippen molar-refractivity contribution in [2.24, 2.45) is 39.6 Å². The number of aliphatic hydroxyl groups is 1. The summed E-state index contributed by atoms with van der Waals surface area (Å²) in [6.45, 7) is 1.63. The van der Waals surface area contributed by atoms with Crippen molar-refractivity contribution in [1.29, 1.82) is 0 Å². The van der Waals surface area contributed by atoms with E-state index in [1.54, 1.807) is 13.8 Å². The van der Waals surface area contributed by atoms with Gasteiger partial charge in [-0.2, -0.15) is 12.6 Å². The molecule has 7 atom stereocenters. The predicted octanol–water partition coefficient (Wildman–Crippen LogP) is -6.08. The van der Waals surface area contributed by atoms with Crippen LogP contribution in [-0.4, -0.2) is 148 Å². The second kappa shape index (κ2) is 29.7. The van der Waals surface area contributed by atoms with E-state index in [4.69, 9.17) is 33.8 Å². The molecule has 368 valence electrons. The number of phenols is 1. The Morgan fingerprint density at radius 1 is 0.636 bits per heavy atom. The van der Waals surface area contributed by atoms with Crippen LogP contribution in [0.1, 0.15) is 64.4 Å². The van der Waals surface area contributed by atoms with Crippen LogP contribution in [0.2, 0.25) is 0 Å². The highest BCUT2D eigenvalue weighted by Gasteiger charge is 2.34. The zero-order chi connectivity index (χ0) is 50.1. The molecule has 1 aromatic carbocycles. The van der Waals surface area contributed by atoms with Crippen molar-refractivity contribution in [1.82, 2.24) is 37.2 Å². The summed E-state index contributed by atoms with van der Waals surface area (Å²) in [4.78, 5) is 133. The van der Waals surface area contributed by atoms with Crippen molar-refractivity contribution in [3.8, 4) is 5.75 Å². The van der Waals surface area contributed by atoms with Crippen LogP contribution in [0.4, 0.5) is 0 Å². The number of carboxylic acids is 1. The van der Waals surface area contributed by atoms with Crippen LogP contribution in [0.5, 0.6) is 5.75 Å². The standard InChI is InChI=1S/C39H63N13O13S/c1-19(2)14-26(50-36(63)24(9-11-29(41)55)47-32(59)22(40)18-66)37(64)51-27(15-20-5-7-21(54)8-6-20)38(65)49-25(10-12-30(42)56)35(62)48-23(4-3-13-45-39(43)44)34(61)52-28(17-53)33(60)46-16-31(57)58/h5-8,19,22-28,53-54,66H,3-4,9-18,40H2,1-2H3,(H2,41,55)(H2,42,56)(H,46,60)(H,47,59)(H,48,62)(H,49,65)(H,50,63)(H,51,64)(H,52,61)(H,57,58)(H4,43,44,45)/t22-,23-,24-,25-,26-,27-,28-/m0/s1. The molecule has 0 aliphatic rings. The molecule has 66 heavy (non-hydrogen) atoms. The van der Waals surface area contributed by atoms with Crippen molar-refractivity contribution in [2.45, 2.75) is 108 Å². The van der Waals surface area contributed by atoms with Gasteiger partial charge < -0.3 is 81.2 Å². The largest absolute Gasteiger partial charge is 0.508 e. The van der Waals surface area contributed by atoms with E-state index in [1.165, 1.54) is 24.3 Å². The lowest BCUT2D eigenvalue weighted by Gasteiger charge is -2.28. The SMILES string of the molecule is CC(C)C[C@H](NC(=O)[C@H](CCC(N)=O)NC(=O)[C@@H](N)CS)C(=O)N[C@@H](Cc1ccc(O)cc1)C(=O)N[C@@H](CCC(N)=O)C(=O)N[C@@H](CCCN=C(N)N)C(=O)N[C@@H](CO)C(=O)NCC(=O)O. The van der Waals surface area contributed by atoms with Crippen LogP contribution in [0, 0.1) is 5.92 Å². The average Bonchev–Trinajstić information content (AvgIpc) is 3.24. The number of nitrogens with zero attached hydrogens (tertiary/aromatic N) is 1. The molecule has 9 amide bonds. The molecule has 0 aliphatic carbocycles. The van der Waals surface area contributed by atoms with E-state index >= 15 is 0 Å². The van der Waals surface area contributed by atoms with Crippen LogP contribution in [-0.2, 0) is 54.4 Å². The molecular formula is C39H63N13O13S. The minimum absolute atomic E-state index is 0.00754. The monoisotopic (exact) mass is 953 g/mol. The summed E-state index contributed by atoms with van der Waals surface area (Å²) in [6.07, 6.45) is -1.92. The highest BCUT2D eigenvalue weighted by molar-refractivity contribution is 7.80. The van der Waals surface area contributed by atoms with Crippen LogP contribution in [0.3, 0.4) is 0 Å². The summed E-state index contributed by atoms with van der Waals surface area (Å²) in [7, 11) is 0. The zero-order valence-corrected chi connectivity index (χ0v) is 37.5. The molecule has 0 aliphatic heterocycles. The van der Waals surface area contributed by atoms with Gasteiger partial charge in [0, 0.05) is 31.6 Å². The maximum Gasteiger partial charge on any atom is 0.322 e. The molecular weight excluding hydrogens is 891 g/mol. The van der Waals surface area contributed by atoms with E-state index < -0.39 is 127 Å². The van der Waals surface area contributed by atoms with E-state index in [9.17, 15) is 58.2 Å². The Morgan fingerprint density at radius 2 is 1.08 bits per heavy atom. The Bertz CT molecular complexity index is 1880. The third kappa shape index (κ3) is 22.7. The smallest absolute Gasteiger partial charge is 0.322 e. The number of amides is 9. The number of thiol groups is 1. The van der Waals surface area contributed by atoms with E-state index in [2.05, 4.69) is 49.5 Å². The van der Waals surface area contributed by atoms with E-state index in [-0.39, 0.29) is 68.4 Å². The Kier molecular flexibility index (Phi) is 25.7. The molecule has 0 spiro atoms. The number of carbonyl (C=O) groups excluding carboxylic acids is 9. The van der Waals surface area contributed by atoms with Gasteiger partial charge in [0.2, 0.25) is 53.2 Å². The molecule has 20 N–H and O–H groups in total. The Labute approximate surface area is 385 Å². The first-order valence-electron chi connectivity index (χ1n) is 20.7. The molecule has 1 aromatic rings. The maximum atomic E-state index is 14.2. The number of nitrogens with two attached hydrogens (primary N) is 5. The third-order valence-electron chi connectivity index (χ3n) is 9.32. The summed E-state index contributed by atoms with van der Waals surface area (Å²) in [5.41, 5.74) is 27.6. The molecule has 0 saturated heterocycles. The van der Waals surface area contributed by atoms with Gasteiger partial charge in [-0.15, -0.1) is 0 Å². The van der Waals surface area contributed by atoms with Crippen LogP contribution in [0.25, 0.3) is 0 Å². The van der Waals surface area contributed by atoms with Gasteiger partial charge in [0.1, 0.15) is 48.5 Å². The zero-order valence-electron chi connectivity index (χ0n) is 36.6. The number of carboxylic acid groups (broad SMARTS) is 1. The van der Waals surface area contributed by atoms with Crippen molar-refractivity contribution >= 4 is 77.7 Å². The van der Waals surface area contributed by atoms with Gasteiger partial charge in [-0.05, 0) is 55.7 Å². The molecule has 0 heterocycles. The first kappa shape index (κ1) is 57.3. The lowest BCUT2D eigenvalue weighted by Crippen LogP contribution is -2.60. The van der Waals surface area contributed by atoms with Gasteiger partial charge in [0.25, 0.3) is 0 Å². The molecule has 0 aromatic heterocycles. The van der Waals surface area contributed by atoms with Gasteiger partial charge in [0.15, 0.2) is 5.96 Å². The quantitative estimate of drug-likeness (QED) is 0.0143. The fourth-order valence-electron chi connectivity index (χ4n) is 5.87. The van der Waals surface area contributed by atoms with Crippen molar-refractivity contribution in [3.05, 3.63) is 29.8 Å². The van der Waals surface area contributed by atoms with Crippen molar-refractivity contribution in [3.63, 3.8) is 0 Å². The highest BCUT2D eigenvalue weighted by Crippen LogP contribution is 2.14. The van der Waals surface area contributed by atoms with Gasteiger partial charge in [-0.1, -0.05) is 26.0 Å². The highest BCUT2D eigenvalue weighted by atomic mass is 32.1. The number of phenolic OH excluding ortho intramolecular Hbond substituents is 1. The minimum atomic E-state index is -1.66. The lowest BCUT2D eigenvalue weighted by molar-refractivity contribution is -0.139. The number of carbonyl (C=O) groups is 10. The molecule has 0 radical (unpaired) electrons. The number of aromatic hydroxyl groups is 1. The third-order valence-corrected chi connectivity index (χ3v) is 9.71. The summed E-state index contributed by atoms with van der Waals surface area (Å²) in [6, 6.07) is -4.69. The Morgan fingerprint density at radius 3 is 1.53 bits per heavy atom. The van der Waals surface area contributed by atoms with Gasteiger partial charge in [-0.3, -0.25) is 52.9 Å². The molecule has 0 unspecified atom stereocenters. The lowest BCUT2D eigenvalue weighted by atomic mass is 9.99. The van der Waals surface area contributed by atoms with E-state index in [0.29, 0.717) is 5.56 Å². The number of hydrogen-bond donors (Lipinski definition) is 16. The van der Waals surface area contributed by atoms with Crippen LogP contribution >= 0.6 is 12.6 Å². The normalized spacial score (nSPS) is 14.0. The summed E-state index contributed by atoms with van der Waals surface area (Å²) >= 11 is 3.99. The van der Waals surface area contributed by atoms with Crippen LogP contribution < -0.4 is 65.9 Å². The molecule has 27 heteroatoms. The second-order valence-corrected chi connectivity index (χ2v) is 15.8. The fraction of sp³-hybridized carbons (Fsp3) is 0.564. The van der Waals surface area contributed by atoms with Gasteiger partial charge in [0.05, 0.1) is 12.6 Å². The van der Waals surface area contributed by atoms with E-state index in [1.807, 2.05) is 5.32 Å². The number of aliphatic hydroxyl groups excluding tert-OH is 1. The minimum Gasteiger partial charge on any atom is -0.508 e. The number of aliphatic carboxylic acids is 1. The summed E-state index contributed by atoms with van der Waals surface area (Å²) in [5.74, 6) is -10.5. The molecule has 26 nitrogen and oxygen atoms in total. The summed E-state index contributed by atoms with van der Waals surface area (Å²) in [5, 5.41) is 45.3. The summed E-state index contributed by atoms with van der Waals surface area (Å²) < 4.78 is 0. The van der Waals surface area contributed by atoms with Gasteiger partial charge >= 0.3 is 5.97 Å². The number of hydrogen-bond acceptors (Lipinski definition) is 15. The first-order valence-corrected chi connectivity index (χ1v) is 21.3. The number of rotatable bonds is 31. The average molecular weight is 954 g/mol. The van der Waals surface area contributed by atoms with Gasteiger partial charge in [-0.25, -0.2) is 0 Å². The molecule has 1 rings (SSSR count). The Balaban J connectivity index is 3.60. The fourth-order valence-corrected chi connectivity index (χ4v) is 6.03. The van der Waals surface area contributed by atoms with Crippen LogP contribution in [0.15, 0.2) is 29.3 Å². The number of aliphatic imine (C=N–C) groups is 1. The van der Waals surface area contributed by atoms with Crippen molar-refractivity contribution in [2.75, 3.05) is 25.4 Å². The molecule has 0 saturated carbocycles. The predicted molar refractivity (Wildman–Crippen MR) is 239 cm³/mol. The van der Waals surface area contributed by atoms with Crippen molar-refractivity contribution < 1.29 is 63.3 Å². The Hall–Kier alpha value is -6.74. The second-order valence-electron chi connectivity index (χ2n) is 15.4.